The standard InChI is InChI=1S/C12H13N3O3/c1-15-8-12(4-6-16,7-14-15)9-3-2-5-13-10(9)11(17)18/h2-3,5-7H,4,8H2,1H3,(H,17,18). The summed E-state index contributed by atoms with van der Waals surface area (Å²) in [5, 5.41) is 15.0. The molecule has 0 saturated carbocycles. The number of rotatable bonds is 4. The zero-order valence-corrected chi connectivity index (χ0v) is 9.91. The molecule has 0 aliphatic carbocycles. The highest BCUT2D eigenvalue weighted by atomic mass is 16.4. The van der Waals surface area contributed by atoms with Crippen LogP contribution in [0.5, 0.6) is 0 Å². The molecule has 1 aliphatic heterocycles. The fourth-order valence-electron chi connectivity index (χ4n) is 2.21. The van der Waals surface area contributed by atoms with Crippen LogP contribution in [0.1, 0.15) is 22.5 Å². The van der Waals surface area contributed by atoms with Gasteiger partial charge in [-0.3, -0.25) is 5.01 Å². The number of hydrogen-bond acceptors (Lipinski definition) is 5. The van der Waals surface area contributed by atoms with Gasteiger partial charge in [-0.15, -0.1) is 0 Å². The summed E-state index contributed by atoms with van der Waals surface area (Å²) in [6, 6.07) is 3.35. The molecule has 1 aromatic heterocycles. The van der Waals surface area contributed by atoms with Crippen molar-refractivity contribution in [1.29, 1.82) is 0 Å². The molecule has 1 aliphatic rings. The largest absolute Gasteiger partial charge is 0.477 e. The summed E-state index contributed by atoms with van der Waals surface area (Å²) >= 11 is 0. The van der Waals surface area contributed by atoms with Crippen molar-refractivity contribution < 1.29 is 14.7 Å². The van der Waals surface area contributed by atoms with Crippen molar-refractivity contribution in [3.63, 3.8) is 0 Å². The zero-order chi connectivity index (χ0) is 13.2. The molecule has 0 radical (unpaired) electrons. The maximum atomic E-state index is 11.2. The van der Waals surface area contributed by atoms with E-state index in [0.29, 0.717) is 12.1 Å². The summed E-state index contributed by atoms with van der Waals surface area (Å²) in [7, 11) is 1.78. The SMILES string of the molecule is CN1CC(CC=O)(c2cccnc2C(=O)O)C=N1. The molecule has 0 fully saturated rings. The van der Waals surface area contributed by atoms with Gasteiger partial charge in [0.2, 0.25) is 0 Å². The predicted octanol–water partition coefficient (Wildman–Crippen LogP) is 0.538. The molecule has 1 unspecified atom stereocenters. The van der Waals surface area contributed by atoms with Gasteiger partial charge in [0, 0.05) is 25.9 Å². The third-order valence-corrected chi connectivity index (χ3v) is 3.01. The van der Waals surface area contributed by atoms with E-state index in [9.17, 15) is 9.59 Å². The molecule has 18 heavy (non-hydrogen) atoms. The van der Waals surface area contributed by atoms with E-state index in [1.54, 1.807) is 30.4 Å². The highest BCUT2D eigenvalue weighted by Crippen LogP contribution is 2.31. The summed E-state index contributed by atoms with van der Waals surface area (Å²) < 4.78 is 0. The smallest absolute Gasteiger partial charge is 0.354 e. The van der Waals surface area contributed by atoms with Crippen LogP contribution in [-0.4, -0.2) is 47.2 Å². The molecule has 0 bridgehead atoms. The van der Waals surface area contributed by atoms with Crippen LogP contribution >= 0.6 is 0 Å². The van der Waals surface area contributed by atoms with Crippen molar-refractivity contribution in [3.05, 3.63) is 29.6 Å². The molecule has 2 heterocycles. The number of carbonyl (C=O) groups excluding carboxylic acids is 1. The fraction of sp³-hybridized carbons (Fsp3) is 0.333. The first-order valence-electron chi connectivity index (χ1n) is 5.48. The Morgan fingerprint density at radius 2 is 2.44 bits per heavy atom. The summed E-state index contributed by atoms with van der Waals surface area (Å²) in [6.07, 6.45) is 4.03. The van der Waals surface area contributed by atoms with Crippen LogP contribution in [0.4, 0.5) is 0 Å². The van der Waals surface area contributed by atoms with Crippen LogP contribution in [0.15, 0.2) is 23.4 Å². The number of hydrogen-bond donors (Lipinski definition) is 1. The minimum atomic E-state index is -1.10. The van der Waals surface area contributed by atoms with Gasteiger partial charge in [0.05, 0.1) is 12.0 Å². The number of nitrogens with zero attached hydrogens (tertiary/aromatic N) is 3. The second kappa shape index (κ2) is 4.56. The van der Waals surface area contributed by atoms with E-state index in [4.69, 9.17) is 5.11 Å². The molecule has 1 N–H and O–H groups in total. The molecular formula is C12H13N3O3. The zero-order valence-electron chi connectivity index (χ0n) is 9.91. The first-order valence-corrected chi connectivity index (χ1v) is 5.48. The lowest BCUT2D eigenvalue weighted by atomic mass is 9.78. The molecule has 0 spiro atoms. The lowest BCUT2D eigenvalue weighted by Crippen LogP contribution is -2.35. The van der Waals surface area contributed by atoms with Gasteiger partial charge >= 0.3 is 5.97 Å². The Bertz CT molecular complexity index is 515. The van der Waals surface area contributed by atoms with Crippen molar-refractivity contribution >= 4 is 18.5 Å². The van der Waals surface area contributed by atoms with Crippen molar-refractivity contribution in [3.8, 4) is 0 Å². The third kappa shape index (κ3) is 1.97. The van der Waals surface area contributed by atoms with Gasteiger partial charge in [-0.25, -0.2) is 9.78 Å². The van der Waals surface area contributed by atoms with Crippen LogP contribution in [0.3, 0.4) is 0 Å². The lowest BCUT2D eigenvalue weighted by molar-refractivity contribution is -0.108. The maximum Gasteiger partial charge on any atom is 0.354 e. The van der Waals surface area contributed by atoms with E-state index in [2.05, 4.69) is 10.1 Å². The Kier molecular flexibility index (Phi) is 3.10. The molecule has 6 heteroatoms. The Morgan fingerprint density at radius 3 is 3.00 bits per heavy atom. The van der Waals surface area contributed by atoms with Gasteiger partial charge < -0.3 is 9.90 Å². The summed E-state index contributed by atoms with van der Waals surface area (Å²) in [4.78, 5) is 26.0. The number of likely N-dealkylation sites (N-methyl/N-ethyl adjacent to an activating group) is 1. The minimum Gasteiger partial charge on any atom is -0.477 e. The van der Waals surface area contributed by atoms with E-state index in [0.717, 1.165) is 6.29 Å². The molecular weight excluding hydrogens is 234 g/mol. The average Bonchev–Trinajstić information content (AvgIpc) is 2.72. The highest BCUT2D eigenvalue weighted by molar-refractivity contribution is 5.91. The van der Waals surface area contributed by atoms with Gasteiger partial charge in [-0.2, -0.15) is 5.10 Å². The van der Waals surface area contributed by atoms with Crippen LogP contribution < -0.4 is 0 Å². The lowest BCUT2D eigenvalue weighted by Gasteiger charge is -2.26. The quantitative estimate of drug-likeness (QED) is 0.785. The topological polar surface area (TPSA) is 82.9 Å². The van der Waals surface area contributed by atoms with E-state index in [-0.39, 0.29) is 12.1 Å². The van der Waals surface area contributed by atoms with Crippen LogP contribution in [0.2, 0.25) is 0 Å². The fourth-order valence-corrected chi connectivity index (χ4v) is 2.21. The Morgan fingerprint density at radius 1 is 1.67 bits per heavy atom. The molecule has 1 aromatic rings. The first-order chi connectivity index (χ1) is 8.59. The van der Waals surface area contributed by atoms with E-state index in [1.165, 1.54) is 6.20 Å². The summed E-state index contributed by atoms with van der Waals surface area (Å²) in [5.41, 5.74) is -0.197. The first kappa shape index (κ1) is 12.2. The van der Waals surface area contributed by atoms with Gasteiger partial charge in [-0.05, 0) is 11.6 Å². The van der Waals surface area contributed by atoms with Gasteiger partial charge in [-0.1, -0.05) is 6.07 Å². The van der Waals surface area contributed by atoms with Crippen LogP contribution in [0.25, 0.3) is 0 Å². The molecule has 0 aromatic carbocycles. The van der Waals surface area contributed by atoms with Crippen molar-refractivity contribution in [2.75, 3.05) is 13.6 Å². The van der Waals surface area contributed by atoms with E-state index >= 15 is 0 Å². The van der Waals surface area contributed by atoms with E-state index < -0.39 is 11.4 Å². The van der Waals surface area contributed by atoms with Crippen molar-refractivity contribution in [1.82, 2.24) is 9.99 Å². The van der Waals surface area contributed by atoms with Crippen molar-refractivity contribution in [2.45, 2.75) is 11.8 Å². The molecule has 2 rings (SSSR count). The van der Waals surface area contributed by atoms with Gasteiger partial charge in [0.15, 0.2) is 5.69 Å². The summed E-state index contributed by atoms with van der Waals surface area (Å²) in [6.45, 7) is 0.470. The van der Waals surface area contributed by atoms with Crippen LogP contribution in [-0.2, 0) is 10.2 Å². The second-order valence-electron chi connectivity index (χ2n) is 4.29. The minimum absolute atomic E-state index is 0.0268. The monoisotopic (exact) mass is 247 g/mol. The number of pyridine rings is 1. The second-order valence-corrected chi connectivity index (χ2v) is 4.29. The Balaban J connectivity index is 2.54. The van der Waals surface area contributed by atoms with Crippen LogP contribution in [0, 0.1) is 0 Å². The normalized spacial score (nSPS) is 22.2. The highest BCUT2D eigenvalue weighted by Gasteiger charge is 2.38. The van der Waals surface area contributed by atoms with Crippen molar-refractivity contribution in [2.24, 2.45) is 5.10 Å². The molecule has 6 nitrogen and oxygen atoms in total. The molecule has 94 valence electrons. The number of aldehydes is 1. The Hall–Kier alpha value is -2.24. The summed E-state index contributed by atoms with van der Waals surface area (Å²) in [5.74, 6) is -1.10. The third-order valence-electron chi connectivity index (χ3n) is 3.01. The molecule has 0 saturated heterocycles. The number of carboxylic acid groups (broad SMARTS) is 1. The number of hydrazone groups is 1. The Labute approximate surface area is 104 Å². The molecule has 0 amide bonds. The number of aromatic nitrogens is 1. The van der Waals surface area contributed by atoms with E-state index in [1.807, 2.05) is 0 Å². The number of aromatic carboxylic acids is 1. The number of carboxylic acids is 1. The molecule has 1 atom stereocenters. The maximum absolute atomic E-state index is 11.2. The number of carbonyl (C=O) groups is 2. The van der Waals surface area contributed by atoms with Gasteiger partial charge in [0.25, 0.3) is 0 Å². The average molecular weight is 247 g/mol. The van der Waals surface area contributed by atoms with Gasteiger partial charge in [0.1, 0.15) is 6.29 Å². The predicted molar refractivity (Wildman–Crippen MR) is 64.7 cm³/mol.